The fourth-order valence-electron chi connectivity index (χ4n) is 3.35. The lowest BCUT2D eigenvalue weighted by Gasteiger charge is -2.19. The minimum absolute atomic E-state index is 0.265. The molecule has 1 aromatic carbocycles. The normalized spacial score (nSPS) is 13.6. The van der Waals surface area contributed by atoms with Gasteiger partial charge in [0.05, 0.1) is 11.4 Å². The SMILES string of the molecule is C=CC/C=C\c1nc(C(/C=C\C)=C/C)cc(-c2ccccc2)c1C(C)/C=C\C. The van der Waals surface area contributed by atoms with Gasteiger partial charge < -0.3 is 0 Å². The van der Waals surface area contributed by atoms with Crippen LogP contribution in [0.25, 0.3) is 22.8 Å². The van der Waals surface area contributed by atoms with Crippen molar-refractivity contribution in [1.82, 2.24) is 4.98 Å². The van der Waals surface area contributed by atoms with E-state index in [1.54, 1.807) is 0 Å². The highest BCUT2D eigenvalue weighted by molar-refractivity contribution is 5.80. The Kier molecular flexibility index (Phi) is 8.42. The van der Waals surface area contributed by atoms with Gasteiger partial charge >= 0.3 is 0 Å². The Morgan fingerprint density at radius 2 is 1.86 bits per heavy atom. The standard InChI is InChI=1S/C27H31N/c1-6-10-12-19-25-27(21(5)15-7-2)24(23-17-13-11-14-18-23)20-26(28-25)22(9-4)16-8-3/h6-9,11-21H,1,10H2,2-5H3/b15-7-,16-8-,19-12-,22-9+. The van der Waals surface area contributed by atoms with E-state index in [2.05, 4.69) is 106 Å². The van der Waals surface area contributed by atoms with Gasteiger partial charge in [-0.2, -0.15) is 0 Å². The van der Waals surface area contributed by atoms with E-state index in [4.69, 9.17) is 4.98 Å². The molecule has 1 atom stereocenters. The number of allylic oxidation sites excluding steroid dienone is 8. The molecule has 0 spiro atoms. The molecule has 1 nitrogen and oxygen atoms in total. The van der Waals surface area contributed by atoms with Crippen LogP contribution in [0.2, 0.25) is 0 Å². The van der Waals surface area contributed by atoms with Crippen LogP contribution in [0.5, 0.6) is 0 Å². The first-order valence-corrected chi connectivity index (χ1v) is 9.96. The van der Waals surface area contributed by atoms with Crippen LogP contribution >= 0.6 is 0 Å². The first kappa shape index (κ1) is 21.4. The summed E-state index contributed by atoms with van der Waals surface area (Å²) in [5, 5.41) is 0. The number of aromatic nitrogens is 1. The largest absolute Gasteiger partial charge is 0.248 e. The minimum atomic E-state index is 0.265. The van der Waals surface area contributed by atoms with Crippen LogP contribution in [0.4, 0.5) is 0 Å². The van der Waals surface area contributed by atoms with E-state index in [1.807, 2.05) is 13.0 Å². The maximum Gasteiger partial charge on any atom is 0.0712 e. The quantitative estimate of drug-likeness (QED) is 0.339. The summed E-state index contributed by atoms with van der Waals surface area (Å²) in [5.41, 5.74) is 6.85. The molecule has 0 aliphatic rings. The summed E-state index contributed by atoms with van der Waals surface area (Å²) in [6.45, 7) is 12.2. The Hall–Kier alpha value is -2.93. The number of pyridine rings is 1. The topological polar surface area (TPSA) is 12.9 Å². The Morgan fingerprint density at radius 3 is 2.46 bits per heavy atom. The second-order valence-electron chi connectivity index (χ2n) is 6.71. The van der Waals surface area contributed by atoms with E-state index in [9.17, 15) is 0 Å². The van der Waals surface area contributed by atoms with Crippen molar-refractivity contribution >= 4 is 11.6 Å². The minimum Gasteiger partial charge on any atom is -0.248 e. The van der Waals surface area contributed by atoms with Crippen molar-refractivity contribution in [3.05, 3.63) is 102 Å². The van der Waals surface area contributed by atoms with Gasteiger partial charge in [-0.25, -0.2) is 4.98 Å². The first-order chi connectivity index (χ1) is 13.7. The van der Waals surface area contributed by atoms with Crippen molar-refractivity contribution in [2.75, 3.05) is 0 Å². The lowest BCUT2D eigenvalue weighted by atomic mass is 9.88. The third kappa shape index (κ3) is 5.29. The number of nitrogens with zero attached hydrogens (tertiary/aromatic N) is 1. The van der Waals surface area contributed by atoms with Crippen LogP contribution in [-0.4, -0.2) is 4.98 Å². The van der Waals surface area contributed by atoms with E-state index >= 15 is 0 Å². The Labute approximate surface area is 170 Å². The van der Waals surface area contributed by atoms with Crippen LogP contribution < -0.4 is 0 Å². The maximum absolute atomic E-state index is 5.05. The molecule has 0 amide bonds. The number of hydrogen-bond acceptors (Lipinski definition) is 1. The molecule has 0 saturated carbocycles. The summed E-state index contributed by atoms with van der Waals surface area (Å²) >= 11 is 0. The lowest BCUT2D eigenvalue weighted by Crippen LogP contribution is -2.03. The van der Waals surface area contributed by atoms with E-state index in [0.29, 0.717) is 0 Å². The van der Waals surface area contributed by atoms with Crippen molar-refractivity contribution in [2.45, 2.75) is 40.0 Å². The molecule has 1 aromatic heterocycles. The fourth-order valence-corrected chi connectivity index (χ4v) is 3.35. The Balaban J connectivity index is 2.83. The van der Waals surface area contributed by atoms with Crippen molar-refractivity contribution in [3.8, 4) is 11.1 Å². The van der Waals surface area contributed by atoms with Gasteiger partial charge in [-0.1, -0.05) is 79.8 Å². The molecule has 0 fully saturated rings. The third-order valence-electron chi connectivity index (χ3n) is 4.64. The first-order valence-electron chi connectivity index (χ1n) is 9.96. The molecule has 0 aliphatic carbocycles. The summed E-state index contributed by atoms with van der Waals surface area (Å²) < 4.78 is 0. The zero-order valence-corrected chi connectivity index (χ0v) is 17.5. The van der Waals surface area contributed by atoms with Gasteiger partial charge in [0.15, 0.2) is 0 Å². The van der Waals surface area contributed by atoms with Crippen molar-refractivity contribution in [2.24, 2.45) is 0 Å². The van der Waals surface area contributed by atoms with Crippen molar-refractivity contribution < 1.29 is 0 Å². The molecular formula is C27H31N. The molecule has 28 heavy (non-hydrogen) atoms. The molecule has 0 N–H and O–H groups in total. The van der Waals surface area contributed by atoms with Crippen LogP contribution in [0.15, 0.2) is 85.5 Å². The number of hydrogen-bond donors (Lipinski definition) is 0. The summed E-state index contributed by atoms with van der Waals surface area (Å²) in [7, 11) is 0. The smallest absolute Gasteiger partial charge is 0.0712 e. The zero-order valence-electron chi connectivity index (χ0n) is 17.5. The van der Waals surface area contributed by atoms with Gasteiger partial charge in [-0.05, 0) is 61.6 Å². The average molecular weight is 370 g/mol. The van der Waals surface area contributed by atoms with Gasteiger partial charge in [-0.3, -0.25) is 0 Å². The molecule has 1 heterocycles. The van der Waals surface area contributed by atoms with E-state index in [0.717, 1.165) is 23.4 Å². The molecule has 2 rings (SSSR count). The molecule has 0 aliphatic heterocycles. The second kappa shape index (κ2) is 11.0. The van der Waals surface area contributed by atoms with E-state index < -0.39 is 0 Å². The molecule has 144 valence electrons. The molecule has 2 aromatic rings. The van der Waals surface area contributed by atoms with Crippen molar-refractivity contribution in [1.29, 1.82) is 0 Å². The van der Waals surface area contributed by atoms with Crippen LogP contribution in [0, 0.1) is 0 Å². The highest BCUT2D eigenvalue weighted by Gasteiger charge is 2.17. The monoisotopic (exact) mass is 369 g/mol. The summed E-state index contributed by atoms with van der Waals surface area (Å²) in [6, 6.07) is 12.8. The van der Waals surface area contributed by atoms with E-state index in [1.165, 1.54) is 16.7 Å². The zero-order chi connectivity index (χ0) is 20.4. The van der Waals surface area contributed by atoms with Gasteiger partial charge in [0.25, 0.3) is 0 Å². The second-order valence-corrected chi connectivity index (χ2v) is 6.71. The molecule has 1 heteroatoms. The summed E-state index contributed by atoms with van der Waals surface area (Å²) in [6.07, 6.45) is 17.6. The predicted octanol–water partition coefficient (Wildman–Crippen LogP) is 8.00. The van der Waals surface area contributed by atoms with Gasteiger partial charge in [0, 0.05) is 5.92 Å². The average Bonchev–Trinajstić information content (AvgIpc) is 2.72. The van der Waals surface area contributed by atoms with Gasteiger partial charge in [0.2, 0.25) is 0 Å². The van der Waals surface area contributed by atoms with E-state index in [-0.39, 0.29) is 5.92 Å². The summed E-state index contributed by atoms with van der Waals surface area (Å²) in [5.74, 6) is 0.265. The lowest BCUT2D eigenvalue weighted by molar-refractivity contribution is 0.945. The highest BCUT2D eigenvalue weighted by Crippen LogP contribution is 2.35. The predicted molar refractivity (Wildman–Crippen MR) is 125 cm³/mol. The molecule has 0 bridgehead atoms. The maximum atomic E-state index is 5.05. The van der Waals surface area contributed by atoms with Gasteiger partial charge in [-0.15, -0.1) is 6.58 Å². The highest BCUT2D eigenvalue weighted by atomic mass is 14.7. The Morgan fingerprint density at radius 1 is 1.11 bits per heavy atom. The fraction of sp³-hybridized carbons (Fsp3) is 0.222. The van der Waals surface area contributed by atoms with Gasteiger partial charge in [0.1, 0.15) is 0 Å². The van der Waals surface area contributed by atoms with Crippen LogP contribution in [0.1, 0.15) is 57.0 Å². The third-order valence-corrected chi connectivity index (χ3v) is 4.64. The number of rotatable bonds is 8. The molecule has 0 saturated heterocycles. The summed E-state index contributed by atoms with van der Waals surface area (Å²) in [4.78, 5) is 5.05. The number of benzene rings is 1. The van der Waals surface area contributed by atoms with Crippen molar-refractivity contribution in [3.63, 3.8) is 0 Å². The molecule has 1 unspecified atom stereocenters. The van der Waals surface area contributed by atoms with Crippen LogP contribution in [0.3, 0.4) is 0 Å². The molecular weight excluding hydrogens is 338 g/mol. The molecule has 0 radical (unpaired) electrons. The van der Waals surface area contributed by atoms with Crippen LogP contribution in [-0.2, 0) is 0 Å². The Bertz CT molecular complexity index is 895.